The fraction of sp³-hybridized carbons (Fsp3) is 0.571. The Morgan fingerprint density at radius 2 is 1.73 bits per heavy atom. The molecule has 1 heteroatoms. The number of nitrogens with zero attached hydrogens (tertiary/aromatic N) is 1. The Labute approximate surface area is 93.1 Å². The summed E-state index contributed by atoms with van der Waals surface area (Å²) in [6, 6.07) is 9.06. The lowest BCUT2D eigenvalue weighted by Gasteiger charge is -2.32. The summed E-state index contributed by atoms with van der Waals surface area (Å²) in [6.07, 6.45) is 3.82. The number of hydrogen-bond acceptors (Lipinski definition) is 1. The molecular formula is C14H21N. The van der Waals surface area contributed by atoms with Crippen LogP contribution < -0.4 is 4.90 Å². The minimum atomic E-state index is 0.913. The Morgan fingerprint density at radius 3 is 2.27 bits per heavy atom. The van der Waals surface area contributed by atoms with Gasteiger partial charge in [0.05, 0.1) is 0 Å². The molecule has 1 aliphatic rings. The summed E-state index contributed by atoms with van der Waals surface area (Å²) < 4.78 is 0. The summed E-state index contributed by atoms with van der Waals surface area (Å²) >= 11 is 0. The van der Waals surface area contributed by atoms with E-state index in [2.05, 4.69) is 43.0 Å². The second-order valence-corrected chi connectivity index (χ2v) is 4.69. The minimum absolute atomic E-state index is 0.913. The van der Waals surface area contributed by atoms with Crippen LogP contribution in [0.1, 0.15) is 32.3 Å². The number of benzene rings is 1. The van der Waals surface area contributed by atoms with Crippen LogP contribution >= 0.6 is 0 Å². The predicted octanol–water partition coefficient (Wildman–Crippen LogP) is 3.49. The normalized spacial score (nSPS) is 18.1. The summed E-state index contributed by atoms with van der Waals surface area (Å²) in [6.45, 7) is 7.02. The third kappa shape index (κ3) is 2.53. The van der Waals surface area contributed by atoms with Gasteiger partial charge in [-0.05, 0) is 42.9 Å². The summed E-state index contributed by atoms with van der Waals surface area (Å²) in [4.78, 5) is 2.51. The van der Waals surface area contributed by atoms with E-state index < -0.39 is 0 Å². The first kappa shape index (κ1) is 10.5. The van der Waals surface area contributed by atoms with E-state index in [0.29, 0.717) is 0 Å². The second-order valence-electron chi connectivity index (χ2n) is 4.69. The van der Waals surface area contributed by atoms with Gasteiger partial charge in [-0.1, -0.05) is 26.0 Å². The Bertz CT molecular complexity index is 294. The van der Waals surface area contributed by atoms with E-state index in [1.54, 1.807) is 0 Å². The molecule has 1 fully saturated rings. The zero-order valence-corrected chi connectivity index (χ0v) is 9.87. The first-order valence-electron chi connectivity index (χ1n) is 6.13. The highest BCUT2D eigenvalue weighted by Gasteiger charge is 2.15. The largest absolute Gasteiger partial charge is 0.372 e. The fourth-order valence-electron chi connectivity index (χ4n) is 2.21. The van der Waals surface area contributed by atoms with Crippen molar-refractivity contribution in [3.05, 3.63) is 29.8 Å². The minimum Gasteiger partial charge on any atom is -0.372 e. The topological polar surface area (TPSA) is 3.24 Å². The average molecular weight is 203 g/mol. The highest BCUT2D eigenvalue weighted by atomic mass is 15.1. The molecule has 0 amide bonds. The molecule has 0 aromatic heterocycles. The molecule has 0 N–H and O–H groups in total. The molecule has 1 aliphatic heterocycles. The van der Waals surface area contributed by atoms with E-state index in [1.807, 2.05) is 0 Å². The van der Waals surface area contributed by atoms with Crippen molar-refractivity contribution in [2.45, 2.75) is 33.1 Å². The number of piperidine rings is 1. The van der Waals surface area contributed by atoms with Crippen molar-refractivity contribution in [3.63, 3.8) is 0 Å². The van der Waals surface area contributed by atoms with Gasteiger partial charge in [-0.3, -0.25) is 0 Å². The van der Waals surface area contributed by atoms with Crippen LogP contribution in [0.4, 0.5) is 5.69 Å². The molecule has 0 aliphatic carbocycles. The van der Waals surface area contributed by atoms with E-state index in [4.69, 9.17) is 0 Å². The summed E-state index contributed by atoms with van der Waals surface area (Å²) in [5.41, 5.74) is 2.84. The predicted molar refractivity (Wildman–Crippen MR) is 66.4 cm³/mol. The molecule has 1 heterocycles. The van der Waals surface area contributed by atoms with Crippen molar-refractivity contribution in [1.82, 2.24) is 0 Å². The van der Waals surface area contributed by atoms with E-state index in [1.165, 1.54) is 37.2 Å². The number of rotatable bonds is 2. The molecule has 0 radical (unpaired) electrons. The third-order valence-electron chi connectivity index (χ3n) is 3.49. The Hall–Kier alpha value is -0.980. The zero-order chi connectivity index (χ0) is 10.7. The SMILES string of the molecule is CCc1ccc(N2CCC(C)CC2)cc1. The Kier molecular flexibility index (Phi) is 3.30. The van der Waals surface area contributed by atoms with Gasteiger partial charge in [0.1, 0.15) is 0 Å². The number of hydrogen-bond donors (Lipinski definition) is 0. The van der Waals surface area contributed by atoms with Gasteiger partial charge in [0, 0.05) is 18.8 Å². The van der Waals surface area contributed by atoms with Crippen LogP contribution in [0.5, 0.6) is 0 Å². The van der Waals surface area contributed by atoms with Crippen LogP contribution in [-0.2, 0) is 6.42 Å². The van der Waals surface area contributed by atoms with Gasteiger partial charge < -0.3 is 4.90 Å². The molecule has 0 spiro atoms. The molecule has 1 nitrogen and oxygen atoms in total. The van der Waals surface area contributed by atoms with E-state index in [-0.39, 0.29) is 0 Å². The quantitative estimate of drug-likeness (QED) is 0.711. The highest BCUT2D eigenvalue weighted by Crippen LogP contribution is 2.23. The molecule has 0 bridgehead atoms. The maximum Gasteiger partial charge on any atom is 0.0366 e. The maximum atomic E-state index is 2.51. The van der Waals surface area contributed by atoms with Gasteiger partial charge in [-0.15, -0.1) is 0 Å². The van der Waals surface area contributed by atoms with Crippen LogP contribution in [0.15, 0.2) is 24.3 Å². The Morgan fingerprint density at radius 1 is 1.13 bits per heavy atom. The number of anilines is 1. The summed E-state index contributed by atoms with van der Waals surface area (Å²) in [5.74, 6) is 0.913. The molecule has 0 atom stereocenters. The molecule has 82 valence electrons. The van der Waals surface area contributed by atoms with Crippen LogP contribution in [0.25, 0.3) is 0 Å². The first-order valence-corrected chi connectivity index (χ1v) is 6.13. The van der Waals surface area contributed by atoms with Gasteiger partial charge in [0.2, 0.25) is 0 Å². The lowest BCUT2D eigenvalue weighted by Crippen LogP contribution is -2.32. The lowest BCUT2D eigenvalue weighted by atomic mass is 9.98. The summed E-state index contributed by atoms with van der Waals surface area (Å²) in [5, 5.41) is 0. The van der Waals surface area contributed by atoms with Gasteiger partial charge in [-0.2, -0.15) is 0 Å². The Balaban J connectivity index is 2.03. The van der Waals surface area contributed by atoms with Gasteiger partial charge in [0.25, 0.3) is 0 Å². The highest BCUT2D eigenvalue weighted by molar-refractivity contribution is 5.47. The van der Waals surface area contributed by atoms with E-state index in [0.717, 1.165) is 12.3 Å². The third-order valence-corrected chi connectivity index (χ3v) is 3.49. The first-order chi connectivity index (χ1) is 7.29. The van der Waals surface area contributed by atoms with Crippen LogP contribution in [-0.4, -0.2) is 13.1 Å². The smallest absolute Gasteiger partial charge is 0.0366 e. The molecule has 0 saturated carbocycles. The van der Waals surface area contributed by atoms with Crippen LogP contribution in [0.2, 0.25) is 0 Å². The zero-order valence-electron chi connectivity index (χ0n) is 9.87. The average Bonchev–Trinajstić information content (AvgIpc) is 2.30. The van der Waals surface area contributed by atoms with Crippen molar-refractivity contribution in [2.24, 2.45) is 5.92 Å². The van der Waals surface area contributed by atoms with Crippen LogP contribution in [0, 0.1) is 5.92 Å². The second kappa shape index (κ2) is 4.69. The molecule has 15 heavy (non-hydrogen) atoms. The van der Waals surface area contributed by atoms with Crippen molar-refractivity contribution in [2.75, 3.05) is 18.0 Å². The van der Waals surface area contributed by atoms with Crippen molar-refractivity contribution in [3.8, 4) is 0 Å². The monoisotopic (exact) mass is 203 g/mol. The molecule has 1 aromatic rings. The maximum absolute atomic E-state index is 2.51. The van der Waals surface area contributed by atoms with Gasteiger partial charge in [-0.25, -0.2) is 0 Å². The molecular weight excluding hydrogens is 182 g/mol. The van der Waals surface area contributed by atoms with Crippen LogP contribution in [0.3, 0.4) is 0 Å². The number of aryl methyl sites for hydroxylation is 1. The van der Waals surface area contributed by atoms with Crippen molar-refractivity contribution >= 4 is 5.69 Å². The van der Waals surface area contributed by atoms with Crippen molar-refractivity contribution in [1.29, 1.82) is 0 Å². The lowest BCUT2D eigenvalue weighted by molar-refractivity contribution is 0.438. The summed E-state index contributed by atoms with van der Waals surface area (Å²) in [7, 11) is 0. The standard InChI is InChI=1S/C14H21N/c1-3-13-4-6-14(7-5-13)15-10-8-12(2)9-11-15/h4-7,12H,3,8-11H2,1-2H3. The van der Waals surface area contributed by atoms with E-state index in [9.17, 15) is 0 Å². The molecule has 0 unspecified atom stereocenters. The van der Waals surface area contributed by atoms with E-state index >= 15 is 0 Å². The molecule has 2 rings (SSSR count). The van der Waals surface area contributed by atoms with Crippen molar-refractivity contribution < 1.29 is 0 Å². The molecule has 1 aromatic carbocycles. The fourth-order valence-corrected chi connectivity index (χ4v) is 2.21. The van der Waals surface area contributed by atoms with Gasteiger partial charge >= 0.3 is 0 Å². The van der Waals surface area contributed by atoms with Gasteiger partial charge in [0.15, 0.2) is 0 Å². The molecule has 1 saturated heterocycles.